The van der Waals surface area contributed by atoms with Crippen LogP contribution in [0.5, 0.6) is 5.75 Å². The van der Waals surface area contributed by atoms with E-state index >= 15 is 0 Å². The van der Waals surface area contributed by atoms with E-state index in [0.717, 1.165) is 19.3 Å². The zero-order valence-corrected chi connectivity index (χ0v) is 17.3. The van der Waals surface area contributed by atoms with E-state index in [9.17, 15) is 14.0 Å². The number of amides is 2. The second-order valence-electron chi connectivity index (χ2n) is 9.14. The molecule has 10 heteroatoms. The van der Waals surface area contributed by atoms with Gasteiger partial charge in [0, 0.05) is 30.0 Å². The Morgan fingerprint density at radius 3 is 2.78 bits per heavy atom. The molecule has 2 unspecified atom stereocenters. The van der Waals surface area contributed by atoms with E-state index in [1.807, 2.05) is 5.06 Å². The van der Waals surface area contributed by atoms with Crippen molar-refractivity contribution in [2.75, 3.05) is 11.9 Å². The number of aromatic nitrogens is 2. The summed E-state index contributed by atoms with van der Waals surface area (Å²) in [5.74, 6) is 0.736. The molecule has 6 rings (SSSR count). The van der Waals surface area contributed by atoms with E-state index in [1.165, 1.54) is 18.2 Å². The number of hydrogen-bond acceptors (Lipinski definition) is 7. The van der Waals surface area contributed by atoms with E-state index in [2.05, 4.69) is 15.6 Å². The van der Waals surface area contributed by atoms with Gasteiger partial charge >= 0.3 is 0 Å². The molecule has 2 saturated carbocycles. The van der Waals surface area contributed by atoms with Gasteiger partial charge in [0.1, 0.15) is 34.9 Å². The maximum atomic E-state index is 13.2. The molecule has 1 aromatic heterocycles. The number of rotatable bonds is 6. The molecule has 0 radical (unpaired) electrons. The maximum absolute atomic E-state index is 13.2. The lowest BCUT2D eigenvalue weighted by Gasteiger charge is -2.30. The van der Waals surface area contributed by atoms with E-state index < -0.39 is 5.91 Å². The largest absolute Gasteiger partial charge is 0.405 e. The average Bonchev–Trinajstić information content (AvgIpc) is 3.02. The highest BCUT2D eigenvalue weighted by Gasteiger charge is 2.74. The van der Waals surface area contributed by atoms with Gasteiger partial charge in [-0.1, -0.05) is 0 Å². The first-order valence-corrected chi connectivity index (χ1v) is 10.9. The summed E-state index contributed by atoms with van der Waals surface area (Å²) in [4.78, 5) is 39.1. The fourth-order valence-electron chi connectivity index (χ4n) is 5.71. The highest BCUT2D eigenvalue weighted by atomic mass is 19.1. The lowest BCUT2D eigenvalue weighted by Crippen LogP contribution is -2.39. The van der Waals surface area contributed by atoms with Crippen molar-refractivity contribution in [3.05, 3.63) is 47.7 Å². The van der Waals surface area contributed by atoms with Crippen molar-refractivity contribution in [2.45, 2.75) is 49.7 Å². The molecule has 4 fully saturated rings. The van der Waals surface area contributed by atoms with Crippen molar-refractivity contribution in [1.29, 1.82) is 0 Å². The Morgan fingerprint density at radius 2 is 2.09 bits per heavy atom. The highest BCUT2D eigenvalue weighted by Crippen LogP contribution is 2.72. The number of hydroxylamine groups is 2. The molecule has 9 nitrogen and oxygen atoms in total. The molecule has 2 saturated heterocycles. The van der Waals surface area contributed by atoms with Gasteiger partial charge in [-0.25, -0.2) is 14.4 Å². The van der Waals surface area contributed by atoms with Gasteiger partial charge in [0.25, 0.3) is 5.91 Å². The second-order valence-corrected chi connectivity index (χ2v) is 9.14. The van der Waals surface area contributed by atoms with Crippen LogP contribution in [0.15, 0.2) is 30.3 Å². The number of anilines is 1. The first-order valence-electron chi connectivity index (χ1n) is 10.9. The average molecular weight is 438 g/mol. The quantitative estimate of drug-likeness (QED) is 0.622. The minimum atomic E-state index is -0.623. The Bertz CT molecular complexity index is 1110. The van der Waals surface area contributed by atoms with E-state index in [0.29, 0.717) is 30.4 Å². The van der Waals surface area contributed by atoms with Crippen molar-refractivity contribution >= 4 is 17.6 Å². The van der Waals surface area contributed by atoms with Gasteiger partial charge in [-0.05, 0) is 49.9 Å². The monoisotopic (exact) mass is 438 g/mol. The molecule has 166 valence electrons. The van der Waals surface area contributed by atoms with Gasteiger partial charge in [-0.2, -0.15) is 0 Å². The number of primary amides is 1. The zero-order chi connectivity index (χ0) is 22.0. The van der Waals surface area contributed by atoms with Crippen LogP contribution in [0, 0.1) is 11.2 Å². The van der Waals surface area contributed by atoms with Gasteiger partial charge < -0.3 is 21.2 Å². The first kappa shape index (κ1) is 19.4. The standard InChI is InChI=1S/C22H23FN6O3/c23-11-1-3-13(4-2-11)32-29-12-7-14(22(9-12)10-17(22)29)20-27-16(19(24)30)8-18(28-20)26-15-5-6-25-21(15)31/h1-4,8,12,14-15,17H,5-7,9-10H2,(H2,24,30)(H,25,31)(H,26,27,28)/t12-,14?,15+,17+,22?/m1/s1. The third-order valence-corrected chi connectivity index (χ3v) is 7.26. The minimum absolute atomic E-state index is 0.00295. The smallest absolute Gasteiger partial charge is 0.267 e. The van der Waals surface area contributed by atoms with E-state index in [-0.39, 0.29) is 46.9 Å². The van der Waals surface area contributed by atoms with E-state index in [4.69, 9.17) is 15.6 Å². The number of piperidine rings is 2. The van der Waals surface area contributed by atoms with Gasteiger partial charge in [0.05, 0.1) is 6.04 Å². The summed E-state index contributed by atoms with van der Waals surface area (Å²) in [5.41, 5.74) is 5.68. The molecule has 1 aromatic carbocycles. The number of nitrogens with one attached hydrogen (secondary N) is 2. The van der Waals surface area contributed by atoms with Gasteiger partial charge in [0.2, 0.25) is 5.91 Å². The number of hydrogen-bond donors (Lipinski definition) is 3. The van der Waals surface area contributed by atoms with Crippen LogP contribution < -0.4 is 21.2 Å². The molecule has 2 bridgehead atoms. The maximum Gasteiger partial charge on any atom is 0.267 e. The Hall–Kier alpha value is -3.27. The SMILES string of the molecule is NC(=O)c1cc(N[C@H]2CCNC2=O)nc(C2C[C@@H]3CC24C[C@@H]4N3Oc2ccc(F)cc2)n1. The first-order chi connectivity index (χ1) is 15.4. The van der Waals surface area contributed by atoms with Crippen LogP contribution >= 0.6 is 0 Å². The van der Waals surface area contributed by atoms with Crippen LogP contribution in [-0.2, 0) is 4.79 Å². The lowest BCUT2D eigenvalue weighted by molar-refractivity contribution is -0.119. The summed E-state index contributed by atoms with van der Waals surface area (Å²) < 4.78 is 13.2. The third kappa shape index (κ3) is 3.01. The minimum Gasteiger partial charge on any atom is -0.405 e. The zero-order valence-electron chi connectivity index (χ0n) is 17.3. The molecule has 4 aliphatic rings. The molecule has 32 heavy (non-hydrogen) atoms. The van der Waals surface area contributed by atoms with Gasteiger partial charge in [-0.3, -0.25) is 9.59 Å². The normalized spacial score (nSPS) is 32.5. The van der Waals surface area contributed by atoms with Crippen LogP contribution in [0.4, 0.5) is 10.2 Å². The Labute approximate surface area is 183 Å². The molecule has 5 atom stereocenters. The van der Waals surface area contributed by atoms with E-state index in [1.54, 1.807) is 12.1 Å². The predicted molar refractivity (Wildman–Crippen MR) is 111 cm³/mol. The molecule has 1 spiro atoms. The van der Waals surface area contributed by atoms with Crippen LogP contribution in [0.25, 0.3) is 0 Å². The number of carbonyl (C=O) groups excluding carboxylic acids is 2. The lowest BCUT2D eigenvalue weighted by atomic mass is 9.90. The summed E-state index contributed by atoms with van der Waals surface area (Å²) in [7, 11) is 0. The number of nitrogens with zero attached hydrogens (tertiary/aromatic N) is 3. The fourth-order valence-corrected chi connectivity index (χ4v) is 5.71. The van der Waals surface area contributed by atoms with Crippen LogP contribution in [0.3, 0.4) is 0 Å². The summed E-state index contributed by atoms with van der Waals surface area (Å²) in [6.07, 6.45) is 3.36. The molecular weight excluding hydrogens is 415 g/mol. The highest BCUT2D eigenvalue weighted by molar-refractivity contribution is 5.92. The second kappa shape index (κ2) is 6.86. The molecular formula is C22H23FN6O3. The number of nitrogens with two attached hydrogens (primary N) is 1. The van der Waals surface area contributed by atoms with Gasteiger partial charge in [-0.15, -0.1) is 5.06 Å². The van der Waals surface area contributed by atoms with Crippen molar-refractivity contribution in [3.8, 4) is 5.75 Å². The van der Waals surface area contributed by atoms with Crippen LogP contribution in [0.2, 0.25) is 0 Å². The van der Waals surface area contributed by atoms with Crippen molar-refractivity contribution in [2.24, 2.45) is 11.1 Å². The number of carbonyl (C=O) groups is 2. The third-order valence-electron chi connectivity index (χ3n) is 7.26. The predicted octanol–water partition coefficient (Wildman–Crippen LogP) is 1.33. The van der Waals surface area contributed by atoms with Crippen molar-refractivity contribution in [1.82, 2.24) is 20.3 Å². The van der Waals surface area contributed by atoms with Gasteiger partial charge in [0.15, 0.2) is 0 Å². The van der Waals surface area contributed by atoms with Crippen LogP contribution in [-0.4, -0.2) is 51.5 Å². The summed E-state index contributed by atoms with van der Waals surface area (Å²) in [6, 6.07) is 7.58. The molecule has 2 aliphatic carbocycles. The van der Waals surface area contributed by atoms with Crippen molar-refractivity contribution < 1.29 is 18.8 Å². The Morgan fingerprint density at radius 1 is 1.28 bits per heavy atom. The summed E-state index contributed by atoms with van der Waals surface area (Å²) >= 11 is 0. The molecule has 3 heterocycles. The Balaban J connectivity index is 1.24. The number of fused-ring (bicyclic) bond motifs is 1. The molecule has 2 aliphatic heterocycles. The molecule has 2 aromatic rings. The summed E-state index contributed by atoms with van der Waals surface area (Å²) in [6.45, 7) is 0.607. The number of halogens is 1. The fraction of sp³-hybridized carbons (Fsp3) is 0.455. The summed E-state index contributed by atoms with van der Waals surface area (Å²) in [5, 5.41) is 7.94. The molecule has 4 N–H and O–H groups in total. The van der Waals surface area contributed by atoms with Crippen molar-refractivity contribution in [3.63, 3.8) is 0 Å². The Kier molecular flexibility index (Phi) is 4.16. The van der Waals surface area contributed by atoms with Crippen LogP contribution in [0.1, 0.15) is 47.9 Å². The topological polar surface area (TPSA) is 122 Å². The number of benzene rings is 1. The molecule has 2 amide bonds.